The predicted molar refractivity (Wildman–Crippen MR) is 96.2 cm³/mol. The summed E-state index contributed by atoms with van der Waals surface area (Å²) in [5.74, 6) is 0.610. The van der Waals surface area contributed by atoms with Crippen molar-refractivity contribution in [2.75, 3.05) is 0 Å². The van der Waals surface area contributed by atoms with Gasteiger partial charge < -0.3 is 15.0 Å². The largest absolute Gasteiger partial charge is 0.437 e. The van der Waals surface area contributed by atoms with E-state index in [2.05, 4.69) is 15.3 Å². The molecule has 0 amide bonds. The number of hydrogen-bond acceptors (Lipinski definition) is 4. The van der Waals surface area contributed by atoms with E-state index in [1.165, 1.54) is 6.08 Å². The van der Waals surface area contributed by atoms with Crippen LogP contribution in [0.1, 0.15) is 24.1 Å². The van der Waals surface area contributed by atoms with Gasteiger partial charge in [-0.2, -0.15) is 0 Å². The third kappa shape index (κ3) is 3.04. The molecule has 0 fully saturated rings. The zero-order valence-corrected chi connectivity index (χ0v) is 13.7. The van der Waals surface area contributed by atoms with Crippen molar-refractivity contribution in [3.8, 4) is 0 Å². The quantitative estimate of drug-likeness (QED) is 0.716. The highest BCUT2D eigenvalue weighted by molar-refractivity contribution is 6.08. The van der Waals surface area contributed by atoms with Crippen molar-refractivity contribution in [2.45, 2.75) is 13.0 Å². The number of nitrogens with zero attached hydrogens (tertiary/aromatic N) is 1. The van der Waals surface area contributed by atoms with Gasteiger partial charge in [0.05, 0.1) is 6.04 Å². The number of carbonyl (C=O) groups is 1. The maximum Gasteiger partial charge on any atom is 0.226 e. The summed E-state index contributed by atoms with van der Waals surface area (Å²) < 4.78 is 5.72. The minimum absolute atomic E-state index is 0.0388. The number of H-pyrrole nitrogens is 1. The van der Waals surface area contributed by atoms with Crippen molar-refractivity contribution < 1.29 is 9.53 Å². The van der Waals surface area contributed by atoms with Crippen LogP contribution in [0.3, 0.4) is 0 Å². The van der Waals surface area contributed by atoms with Gasteiger partial charge in [-0.15, -0.1) is 0 Å². The summed E-state index contributed by atoms with van der Waals surface area (Å²) in [6.07, 6.45) is 6.76. The lowest BCUT2D eigenvalue weighted by Crippen LogP contribution is -2.17. The first-order valence-electron chi connectivity index (χ1n) is 8.10. The fourth-order valence-electron chi connectivity index (χ4n) is 2.84. The fraction of sp³-hybridized carbons (Fsp3) is 0.100. The van der Waals surface area contributed by atoms with Gasteiger partial charge in [0.2, 0.25) is 5.78 Å². The lowest BCUT2D eigenvalue weighted by molar-refractivity contribution is -0.112. The second-order valence-corrected chi connectivity index (χ2v) is 5.90. The molecule has 0 saturated heterocycles. The molecule has 3 aromatic rings. The van der Waals surface area contributed by atoms with Crippen LogP contribution >= 0.6 is 0 Å². The summed E-state index contributed by atoms with van der Waals surface area (Å²) in [6.45, 7) is 2.02. The highest BCUT2D eigenvalue weighted by Gasteiger charge is 2.22. The highest BCUT2D eigenvalue weighted by atomic mass is 16.5. The lowest BCUT2D eigenvalue weighted by atomic mass is 10.1. The van der Waals surface area contributed by atoms with Crippen LogP contribution < -0.4 is 5.32 Å². The summed E-state index contributed by atoms with van der Waals surface area (Å²) in [5.41, 5.74) is 2.78. The van der Waals surface area contributed by atoms with Gasteiger partial charge in [-0.25, -0.2) is 4.98 Å². The Kier molecular flexibility index (Phi) is 3.82. The van der Waals surface area contributed by atoms with Crippen LogP contribution in [0.5, 0.6) is 0 Å². The molecule has 1 unspecified atom stereocenters. The van der Waals surface area contributed by atoms with Gasteiger partial charge in [-0.1, -0.05) is 30.3 Å². The first kappa shape index (κ1) is 15.2. The fourth-order valence-corrected chi connectivity index (χ4v) is 2.84. The van der Waals surface area contributed by atoms with Crippen LogP contribution in [0.2, 0.25) is 0 Å². The van der Waals surface area contributed by atoms with Crippen molar-refractivity contribution in [1.82, 2.24) is 15.3 Å². The van der Waals surface area contributed by atoms with E-state index >= 15 is 0 Å². The number of pyridine rings is 1. The summed E-state index contributed by atoms with van der Waals surface area (Å²) in [6, 6.07) is 13.9. The van der Waals surface area contributed by atoms with E-state index in [0.717, 1.165) is 22.2 Å². The Hall–Kier alpha value is -3.34. The standard InChI is InChI=1S/C20H17N3O2/c1-13(14-6-3-2-4-7-14)23-19-11-17(24)18(25-19)10-15-12-22-20-16(15)8-5-9-21-20/h2-13,23H,1H3,(H,21,22)/b18-10-. The average molecular weight is 331 g/mol. The number of nitrogens with one attached hydrogen (secondary N) is 2. The number of benzene rings is 1. The SMILES string of the molecule is CC(NC1=CC(=O)/C(=C/c2c[nH]c3ncccc23)O1)c1ccccc1. The summed E-state index contributed by atoms with van der Waals surface area (Å²) in [4.78, 5) is 19.6. The van der Waals surface area contributed by atoms with Crippen molar-refractivity contribution in [3.05, 3.63) is 83.7 Å². The van der Waals surface area contributed by atoms with Crippen molar-refractivity contribution >= 4 is 22.9 Å². The summed E-state index contributed by atoms with van der Waals surface area (Å²) in [7, 11) is 0. The van der Waals surface area contributed by atoms with E-state index in [-0.39, 0.29) is 11.8 Å². The second kappa shape index (κ2) is 6.28. The van der Waals surface area contributed by atoms with E-state index in [1.54, 1.807) is 12.3 Å². The number of carbonyl (C=O) groups excluding carboxylic acids is 1. The van der Waals surface area contributed by atoms with E-state index < -0.39 is 0 Å². The first-order valence-corrected chi connectivity index (χ1v) is 8.10. The molecule has 0 bridgehead atoms. The number of allylic oxidation sites excluding steroid dienone is 1. The Morgan fingerprint density at radius 1 is 1.20 bits per heavy atom. The van der Waals surface area contributed by atoms with Crippen LogP contribution in [0.4, 0.5) is 0 Å². The van der Waals surface area contributed by atoms with Gasteiger partial charge in [-0.3, -0.25) is 4.79 Å². The molecule has 25 heavy (non-hydrogen) atoms. The second-order valence-electron chi connectivity index (χ2n) is 5.90. The van der Waals surface area contributed by atoms with Crippen LogP contribution in [0, 0.1) is 0 Å². The molecule has 2 aromatic heterocycles. The number of aromatic amines is 1. The number of hydrogen-bond donors (Lipinski definition) is 2. The minimum atomic E-state index is -0.152. The normalized spacial score (nSPS) is 16.8. The maximum absolute atomic E-state index is 12.2. The van der Waals surface area contributed by atoms with Gasteiger partial charge in [0.1, 0.15) is 5.65 Å². The van der Waals surface area contributed by atoms with E-state index in [9.17, 15) is 4.79 Å². The molecule has 3 heterocycles. The molecule has 1 aliphatic heterocycles. The monoisotopic (exact) mass is 331 g/mol. The first-order chi connectivity index (χ1) is 12.2. The molecule has 0 saturated carbocycles. The number of fused-ring (bicyclic) bond motifs is 1. The van der Waals surface area contributed by atoms with E-state index in [1.807, 2.05) is 55.6 Å². The molecule has 1 atom stereocenters. The maximum atomic E-state index is 12.2. The molecule has 0 aliphatic carbocycles. The van der Waals surface area contributed by atoms with Crippen molar-refractivity contribution in [2.24, 2.45) is 0 Å². The Morgan fingerprint density at radius 2 is 2.04 bits per heavy atom. The topological polar surface area (TPSA) is 67.0 Å². The van der Waals surface area contributed by atoms with Gasteiger partial charge >= 0.3 is 0 Å². The van der Waals surface area contributed by atoms with Crippen LogP contribution in [0.25, 0.3) is 17.1 Å². The molecule has 5 nitrogen and oxygen atoms in total. The van der Waals surface area contributed by atoms with Crippen LogP contribution in [0.15, 0.2) is 72.6 Å². The lowest BCUT2D eigenvalue weighted by Gasteiger charge is -2.15. The number of aromatic nitrogens is 2. The summed E-state index contributed by atoms with van der Waals surface area (Å²) >= 11 is 0. The Morgan fingerprint density at radius 3 is 2.88 bits per heavy atom. The van der Waals surface area contributed by atoms with Crippen molar-refractivity contribution in [1.29, 1.82) is 0 Å². The molecule has 4 rings (SSSR count). The van der Waals surface area contributed by atoms with Crippen LogP contribution in [-0.2, 0) is 9.53 Å². The van der Waals surface area contributed by atoms with Crippen molar-refractivity contribution in [3.63, 3.8) is 0 Å². The molecular formula is C20H17N3O2. The third-order valence-electron chi connectivity index (χ3n) is 4.15. The van der Waals surface area contributed by atoms with E-state index in [4.69, 9.17) is 4.74 Å². The van der Waals surface area contributed by atoms with Gasteiger partial charge in [0, 0.05) is 29.4 Å². The van der Waals surface area contributed by atoms with E-state index in [0.29, 0.717) is 11.6 Å². The molecule has 1 aromatic carbocycles. The molecule has 124 valence electrons. The number of ketones is 1. The van der Waals surface area contributed by atoms with Gasteiger partial charge in [0.25, 0.3) is 0 Å². The Bertz CT molecular complexity index is 986. The molecule has 5 heteroatoms. The third-order valence-corrected chi connectivity index (χ3v) is 4.15. The number of ether oxygens (including phenoxy) is 1. The Labute approximate surface area is 145 Å². The van der Waals surface area contributed by atoms with Gasteiger partial charge in [0.15, 0.2) is 11.6 Å². The zero-order valence-electron chi connectivity index (χ0n) is 13.7. The molecular weight excluding hydrogens is 314 g/mol. The molecule has 0 spiro atoms. The van der Waals surface area contributed by atoms with Crippen LogP contribution in [-0.4, -0.2) is 15.8 Å². The zero-order chi connectivity index (χ0) is 17.2. The average Bonchev–Trinajstić information content (AvgIpc) is 3.20. The molecule has 2 N–H and O–H groups in total. The minimum Gasteiger partial charge on any atom is -0.437 e. The van der Waals surface area contributed by atoms with Gasteiger partial charge in [-0.05, 0) is 30.7 Å². The number of rotatable bonds is 4. The highest BCUT2D eigenvalue weighted by Crippen LogP contribution is 2.24. The smallest absolute Gasteiger partial charge is 0.226 e. The Balaban J connectivity index is 1.52. The molecule has 0 radical (unpaired) electrons. The molecule has 1 aliphatic rings. The predicted octanol–water partition coefficient (Wildman–Crippen LogP) is 3.70. The summed E-state index contributed by atoms with van der Waals surface area (Å²) in [5, 5.41) is 4.18.